The molecule has 22 heavy (non-hydrogen) atoms. The Kier molecular flexibility index (Phi) is 5.11. The molecule has 0 bridgehead atoms. The zero-order valence-electron chi connectivity index (χ0n) is 11.8. The third kappa shape index (κ3) is 3.61. The van der Waals surface area contributed by atoms with Gasteiger partial charge in [0, 0.05) is 0 Å². The maximum absolute atomic E-state index is 12.1. The SMILES string of the molecule is Cc1cc(C)c(NC(=O)Cn2ncc(Cl)c(Cl)c2=O)c(Cl)c1. The first kappa shape index (κ1) is 16.8. The summed E-state index contributed by atoms with van der Waals surface area (Å²) in [6, 6.07) is 3.64. The molecule has 0 aliphatic heterocycles. The van der Waals surface area contributed by atoms with Crippen LogP contribution in [0.25, 0.3) is 0 Å². The molecule has 116 valence electrons. The molecule has 0 saturated carbocycles. The van der Waals surface area contributed by atoms with Crippen molar-refractivity contribution in [2.24, 2.45) is 0 Å². The Labute approximate surface area is 141 Å². The first-order chi connectivity index (χ1) is 10.3. The Morgan fingerprint density at radius 1 is 1.23 bits per heavy atom. The quantitative estimate of drug-likeness (QED) is 0.911. The minimum atomic E-state index is -0.629. The summed E-state index contributed by atoms with van der Waals surface area (Å²) in [7, 11) is 0. The fraction of sp³-hybridized carbons (Fsp3) is 0.214. The van der Waals surface area contributed by atoms with Gasteiger partial charge in [0.1, 0.15) is 11.6 Å². The molecule has 8 heteroatoms. The summed E-state index contributed by atoms with van der Waals surface area (Å²) in [6.45, 7) is 3.45. The van der Waals surface area contributed by atoms with Crippen LogP contribution in [-0.2, 0) is 11.3 Å². The van der Waals surface area contributed by atoms with Crippen LogP contribution in [0, 0.1) is 13.8 Å². The van der Waals surface area contributed by atoms with Crippen LogP contribution in [0.15, 0.2) is 23.1 Å². The number of hydrogen-bond acceptors (Lipinski definition) is 3. The van der Waals surface area contributed by atoms with E-state index in [4.69, 9.17) is 34.8 Å². The monoisotopic (exact) mass is 359 g/mol. The second-order valence-electron chi connectivity index (χ2n) is 4.76. The van der Waals surface area contributed by atoms with Gasteiger partial charge in [0.05, 0.1) is 21.9 Å². The molecule has 0 aliphatic carbocycles. The van der Waals surface area contributed by atoms with Crippen molar-refractivity contribution in [3.63, 3.8) is 0 Å². The number of nitrogens with zero attached hydrogens (tertiary/aromatic N) is 2. The molecule has 1 aromatic carbocycles. The first-order valence-electron chi connectivity index (χ1n) is 6.27. The molecule has 2 aromatic rings. The Hall–Kier alpha value is -1.56. The van der Waals surface area contributed by atoms with E-state index in [1.807, 2.05) is 19.9 Å². The zero-order valence-corrected chi connectivity index (χ0v) is 14.1. The normalized spacial score (nSPS) is 10.6. The molecule has 0 atom stereocenters. The average molecular weight is 361 g/mol. The van der Waals surface area contributed by atoms with E-state index in [1.165, 1.54) is 6.20 Å². The van der Waals surface area contributed by atoms with Gasteiger partial charge in [-0.15, -0.1) is 0 Å². The average Bonchev–Trinajstić information content (AvgIpc) is 2.43. The third-order valence-corrected chi connectivity index (χ3v) is 3.98. The molecule has 0 unspecified atom stereocenters. The molecular weight excluding hydrogens is 349 g/mol. The lowest BCUT2D eigenvalue weighted by Crippen LogP contribution is -2.30. The highest BCUT2D eigenvalue weighted by Crippen LogP contribution is 2.27. The van der Waals surface area contributed by atoms with Gasteiger partial charge in [0.25, 0.3) is 5.56 Å². The van der Waals surface area contributed by atoms with Crippen molar-refractivity contribution in [3.8, 4) is 0 Å². The smallest absolute Gasteiger partial charge is 0.287 e. The topological polar surface area (TPSA) is 64.0 Å². The van der Waals surface area contributed by atoms with E-state index in [2.05, 4.69) is 10.4 Å². The van der Waals surface area contributed by atoms with Crippen LogP contribution in [0.4, 0.5) is 5.69 Å². The molecule has 0 fully saturated rings. The van der Waals surface area contributed by atoms with Crippen LogP contribution in [0.1, 0.15) is 11.1 Å². The molecule has 1 aromatic heterocycles. The van der Waals surface area contributed by atoms with E-state index < -0.39 is 11.5 Å². The van der Waals surface area contributed by atoms with Gasteiger partial charge >= 0.3 is 0 Å². The van der Waals surface area contributed by atoms with Crippen molar-refractivity contribution in [2.75, 3.05) is 5.32 Å². The molecule has 1 heterocycles. The summed E-state index contributed by atoms with van der Waals surface area (Å²) in [6.07, 6.45) is 1.21. The van der Waals surface area contributed by atoms with Crippen LogP contribution in [0.2, 0.25) is 15.1 Å². The molecule has 0 radical (unpaired) electrons. The van der Waals surface area contributed by atoms with Gasteiger partial charge in [-0.1, -0.05) is 40.9 Å². The lowest BCUT2D eigenvalue weighted by molar-refractivity contribution is -0.117. The van der Waals surface area contributed by atoms with Gasteiger partial charge in [-0.2, -0.15) is 5.10 Å². The second-order valence-corrected chi connectivity index (χ2v) is 5.95. The third-order valence-electron chi connectivity index (χ3n) is 2.93. The number of amides is 1. The Bertz CT molecular complexity index is 779. The summed E-state index contributed by atoms with van der Waals surface area (Å²) in [5.41, 5.74) is 1.69. The number of aromatic nitrogens is 2. The van der Waals surface area contributed by atoms with E-state index in [0.29, 0.717) is 10.7 Å². The van der Waals surface area contributed by atoms with Gasteiger partial charge in [0.2, 0.25) is 5.91 Å². The minimum Gasteiger partial charge on any atom is -0.323 e. The summed E-state index contributed by atoms with van der Waals surface area (Å²) >= 11 is 17.5. The number of benzene rings is 1. The molecule has 1 N–H and O–H groups in total. The van der Waals surface area contributed by atoms with E-state index in [0.717, 1.165) is 15.8 Å². The summed E-state index contributed by atoms with van der Waals surface area (Å²) in [5.74, 6) is -0.443. The number of anilines is 1. The summed E-state index contributed by atoms with van der Waals surface area (Å²) in [5, 5.41) is 6.74. The number of hydrogen-bond donors (Lipinski definition) is 1. The zero-order chi connectivity index (χ0) is 16.4. The minimum absolute atomic E-state index is 0.0424. The highest BCUT2D eigenvalue weighted by Gasteiger charge is 2.13. The number of halogens is 3. The molecule has 0 aliphatic rings. The number of nitrogens with one attached hydrogen (secondary N) is 1. The fourth-order valence-electron chi connectivity index (χ4n) is 1.95. The second kappa shape index (κ2) is 6.69. The van der Waals surface area contributed by atoms with Crippen molar-refractivity contribution in [1.82, 2.24) is 9.78 Å². The largest absolute Gasteiger partial charge is 0.323 e. The van der Waals surface area contributed by atoms with Gasteiger partial charge < -0.3 is 5.32 Å². The number of carbonyl (C=O) groups is 1. The molecule has 2 rings (SSSR count). The highest BCUT2D eigenvalue weighted by atomic mass is 35.5. The predicted octanol–water partition coefficient (Wildman–Crippen LogP) is 3.46. The van der Waals surface area contributed by atoms with Crippen molar-refractivity contribution < 1.29 is 4.79 Å². The molecule has 1 amide bonds. The Morgan fingerprint density at radius 2 is 1.91 bits per heavy atom. The number of rotatable bonds is 3. The molecule has 0 saturated heterocycles. The molecular formula is C14H12Cl3N3O2. The highest BCUT2D eigenvalue weighted by molar-refractivity contribution is 6.41. The van der Waals surface area contributed by atoms with E-state index in [9.17, 15) is 9.59 Å². The number of carbonyl (C=O) groups excluding carboxylic acids is 1. The standard InChI is InChI=1S/C14H12Cl3N3O2/c1-7-3-8(2)13(9(15)4-7)19-11(21)6-20-14(22)12(17)10(16)5-18-20/h3-5H,6H2,1-2H3,(H,19,21). The van der Waals surface area contributed by atoms with Crippen molar-refractivity contribution in [2.45, 2.75) is 20.4 Å². The van der Waals surface area contributed by atoms with Crippen molar-refractivity contribution >= 4 is 46.4 Å². The van der Waals surface area contributed by atoms with E-state index in [-0.39, 0.29) is 16.6 Å². The van der Waals surface area contributed by atoms with Crippen LogP contribution < -0.4 is 10.9 Å². The van der Waals surface area contributed by atoms with Crippen LogP contribution in [0.3, 0.4) is 0 Å². The number of aryl methyl sites for hydroxylation is 2. The van der Waals surface area contributed by atoms with Gasteiger partial charge in [-0.25, -0.2) is 4.68 Å². The fourth-order valence-corrected chi connectivity index (χ4v) is 2.59. The lowest BCUT2D eigenvalue weighted by atomic mass is 10.1. The first-order valence-corrected chi connectivity index (χ1v) is 7.40. The molecule has 0 spiro atoms. The van der Waals surface area contributed by atoms with Crippen LogP contribution in [0.5, 0.6) is 0 Å². The van der Waals surface area contributed by atoms with Gasteiger partial charge in [-0.3, -0.25) is 9.59 Å². The van der Waals surface area contributed by atoms with E-state index >= 15 is 0 Å². The van der Waals surface area contributed by atoms with Crippen molar-refractivity contribution in [1.29, 1.82) is 0 Å². The Balaban J connectivity index is 2.22. The summed E-state index contributed by atoms with van der Waals surface area (Å²) in [4.78, 5) is 23.9. The lowest BCUT2D eigenvalue weighted by Gasteiger charge is -2.12. The maximum atomic E-state index is 12.1. The maximum Gasteiger partial charge on any atom is 0.287 e. The summed E-state index contributed by atoms with van der Waals surface area (Å²) < 4.78 is 0.932. The van der Waals surface area contributed by atoms with Crippen LogP contribution >= 0.6 is 34.8 Å². The van der Waals surface area contributed by atoms with E-state index in [1.54, 1.807) is 6.07 Å². The van der Waals surface area contributed by atoms with Crippen LogP contribution in [-0.4, -0.2) is 15.7 Å². The molecule has 5 nitrogen and oxygen atoms in total. The van der Waals surface area contributed by atoms with Crippen molar-refractivity contribution in [3.05, 3.63) is 54.9 Å². The van der Waals surface area contributed by atoms with Gasteiger partial charge in [-0.05, 0) is 31.0 Å². The van der Waals surface area contributed by atoms with Gasteiger partial charge in [0.15, 0.2) is 0 Å². The predicted molar refractivity (Wildman–Crippen MR) is 88.1 cm³/mol. The Morgan fingerprint density at radius 3 is 2.55 bits per heavy atom.